The van der Waals surface area contributed by atoms with Crippen LogP contribution in [-0.2, 0) is 22.3 Å². The summed E-state index contributed by atoms with van der Waals surface area (Å²) in [6.07, 6.45) is -8.02. The van der Waals surface area contributed by atoms with E-state index in [4.69, 9.17) is 21.1 Å². The smallest absolute Gasteiger partial charge is 0.394 e. The van der Waals surface area contributed by atoms with Gasteiger partial charge in [0.1, 0.15) is 17.9 Å². The molecule has 190 valence electrons. The number of carbonyl (C=O) groups is 1. The van der Waals surface area contributed by atoms with E-state index in [1.54, 1.807) is 30.3 Å². The highest BCUT2D eigenvalue weighted by atomic mass is 35.5. The van der Waals surface area contributed by atoms with Crippen LogP contribution < -0.4 is 11.2 Å². The van der Waals surface area contributed by atoms with Gasteiger partial charge in [0, 0.05) is 23.2 Å². The van der Waals surface area contributed by atoms with E-state index in [2.05, 4.69) is 0 Å². The lowest BCUT2D eigenvalue weighted by atomic mass is 10.1. The van der Waals surface area contributed by atoms with Crippen molar-refractivity contribution in [3.8, 4) is 0 Å². The second kappa shape index (κ2) is 10.4. The molecule has 12 heteroatoms. The molecule has 1 saturated heterocycles. The van der Waals surface area contributed by atoms with Crippen molar-refractivity contribution in [2.45, 2.75) is 37.6 Å². The number of nitrogens with zero attached hydrogens (tertiary/aromatic N) is 2. The van der Waals surface area contributed by atoms with Gasteiger partial charge in [0.2, 0.25) is 0 Å². The van der Waals surface area contributed by atoms with Crippen LogP contribution >= 0.6 is 11.6 Å². The molecule has 0 spiro atoms. The van der Waals surface area contributed by atoms with Crippen molar-refractivity contribution in [2.24, 2.45) is 0 Å². The molecule has 1 unspecified atom stereocenters. The van der Waals surface area contributed by atoms with Gasteiger partial charge in [0.15, 0.2) is 0 Å². The highest BCUT2D eigenvalue weighted by molar-refractivity contribution is 6.30. The van der Waals surface area contributed by atoms with Crippen LogP contribution in [0.3, 0.4) is 0 Å². The second-order valence-corrected chi connectivity index (χ2v) is 8.50. The van der Waals surface area contributed by atoms with E-state index in [1.165, 1.54) is 24.3 Å². The number of hydrogen-bond donors (Lipinski definition) is 1. The van der Waals surface area contributed by atoms with Crippen LogP contribution in [0.25, 0.3) is 0 Å². The Morgan fingerprint density at radius 1 is 1.11 bits per heavy atom. The van der Waals surface area contributed by atoms with Gasteiger partial charge in [-0.15, -0.1) is 0 Å². The Labute approximate surface area is 207 Å². The van der Waals surface area contributed by atoms with E-state index in [1.807, 2.05) is 0 Å². The largest absolute Gasteiger partial charge is 0.423 e. The van der Waals surface area contributed by atoms with Crippen molar-refractivity contribution in [1.29, 1.82) is 0 Å². The molecule has 1 fully saturated rings. The summed E-state index contributed by atoms with van der Waals surface area (Å²) in [5.41, 5.74) is -4.20. The minimum absolute atomic E-state index is 0.0582. The molecule has 2 aromatic carbocycles. The molecule has 2 heterocycles. The summed E-state index contributed by atoms with van der Waals surface area (Å²) in [5.74, 6) is -1.21. The fourth-order valence-electron chi connectivity index (χ4n) is 3.86. The minimum Gasteiger partial charge on any atom is -0.394 e. The molecule has 0 saturated carbocycles. The van der Waals surface area contributed by atoms with Gasteiger partial charge in [0.05, 0.1) is 19.3 Å². The number of aromatic nitrogens is 2. The molecule has 0 amide bonds. The number of alkyl halides is 3. The third-order valence-corrected chi connectivity index (χ3v) is 5.94. The van der Waals surface area contributed by atoms with Crippen molar-refractivity contribution in [3.05, 3.63) is 103 Å². The molecule has 1 aliphatic heterocycles. The van der Waals surface area contributed by atoms with Gasteiger partial charge in [-0.2, -0.15) is 17.7 Å². The van der Waals surface area contributed by atoms with Crippen LogP contribution in [0.4, 0.5) is 13.2 Å². The van der Waals surface area contributed by atoms with E-state index >= 15 is 0 Å². The highest BCUT2D eigenvalue weighted by Crippen LogP contribution is 2.32. The number of ether oxygens (including phenoxy) is 2. The first-order valence-corrected chi connectivity index (χ1v) is 11.2. The molecule has 3 aromatic rings. The van der Waals surface area contributed by atoms with Gasteiger partial charge in [-0.25, -0.2) is 4.79 Å². The van der Waals surface area contributed by atoms with Crippen LogP contribution in [0.15, 0.2) is 70.4 Å². The molecule has 1 N–H and O–H groups in total. The number of carbonyl (C=O) groups excluding carboxylic acids is 1. The molecular formula is C24H20ClF3N2O6. The summed E-state index contributed by atoms with van der Waals surface area (Å²) in [6.45, 7) is -0.450. The monoisotopic (exact) mass is 524 g/mol. The van der Waals surface area contributed by atoms with Crippen LogP contribution in [0, 0.1) is 0 Å². The van der Waals surface area contributed by atoms with Gasteiger partial charge in [-0.3, -0.25) is 14.2 Å². The zero-order valence-corrected chi connectivity index (χ0v) is 19.3. The number of rotatable bonds is 6. The van der Waals surface area contributed by atoms with Gasteiger partial charge in [-0.1, -0.05) is 41.9 Å². The van der Waals surface area contributed by atoms with Crippen molar-refractivity contribution in [2.75, 3.05) is 6.61 Å². The Kier molecular flexibility index (Phi) is 7.46. The number of aliphatic hydroxyl groups excluding tert-OH is 1. The summed E-state index contributed by atoms with van der Waals surface area (Å²) < 4.78 is 53.0. The predicted molar refractivity (Wildman–Crippen MR) is 122 cm³/mol. The first-order chi connectivity index (χ1) is 17.1. The Morgan fingerprint density at radius 3 is 2.39 bits per heavy atom. The number of benzene rings is 2. The average molecular weight is 525 g/mol. The van der Waals surface area contributed by atoms with Crippen LogP contribution in [0.5, 0.6) is 0 Å². The van der Waals surface area contributed by atoms with Crippen molar-refractivity contribution >= 4 is 17.5 Å². The minimum atomic E-state index is -5.15. The van der Waals surface area contributed by atoms with E-state index in [9.17, 15) is 32.7 Å². The Hall–Kier alpha value is -3.25. The standard InChI is InChI=1S/C24H20ClF3N2O6/c25-16-8-6-14(7-9-16)13-35-18-10-20(36-19(18)12-31)29-11-17(24(26,27)28)22(33)30(23(29)34)21(32)15-4-2-1-3-5-15/h1-9,11,18-20,31H,10,12-13H2/t18?,19-,20-/m0/s1. The SMILES string of the molecule is O=C(c1ccccc1)n1c(=O)c(C(F)(F)F)cn([C@@H]2CC(OCc3ccc(Cl)cc3)[C@H](CO)O2)c1=O. The molecule has 36 heavy (non-hydrogen) atoms. The molecule has 1 aliphatic rings. The third-order valence-electron chi connectivity index (χ3n) is 5.69. The van der Waals surface area contributed by atoms with Gasteiger partial charge >= 0.3 is 11.9 Å². The quantitative estimate of drug-likeness (QED) is 0.531. The van der Waals surface area contributed by atoms with Crippen LogP contribution in [-0.4, -0.2) is 39.0 Å². The first-order valence-electron chi connectivity index (χ1n) is 10.8. The van der Waals surface area contributed by atoms with Gasteiger partial charge in [-0.05, 0) is 29.8 Å². The maximum absolute atomic E-state index is 13.7. The number of aliphatic hydroxyl groups is 1. The molecule has 4 rings (SSSR count). The Bertz CT molecular complexity index is 1360. The van der Waals surface area contributed by atoms with Crippen molar-refractivity contribution in [1.82, 2.24) is 9.13 Å². The first kappa shape index (κ1) is 25.8. The zero-order valence-electron chi connectivity index (χ0n) is 18.5. The van der Waals surface area contributed by atoms with E-state index in [0.29, 0.717) is 15.8 Å². The van der Waals surface area contributed by atoms with Gasteiger partial charge in [0.25, 0.3) is 11.5 Å². The average Bonchev–Trinajstić information content (AvgIpc) is 3.26. The lowest BCUT2D eigenvalue weighted by Crippen LogP contribution is -2.47. The molecule has 1 aromatic heterocycles. The topological polar surface area (TPSA) is 99.8 Å². The van der Waals surface area contributed by atoms with Crippen molar-refractivity contribution < 1.29 is 32.5 Å². The molecule has 0 radical (unpaired) electrons. The van der Waals surface area contributed by atoms with E-state index in [0.717, 1.165) is 5.56 Å². The summed E-state index contributed by atoms with van der Waals surface area (Å²) in [4.78, 5) is 38.6. The summed E-state index contributed by atoms with van der Waals surface area (Å²) in [6, 6.07) is 13.7. The van der Waals surface area contributed by atoms with Crippen LogP contribution in [0.1, 0.15) is 34.1 Å². The van der Waals surface area contributed by atoms with Crippen LogP contribution in [0.2, 0.25) is 5.02 Å². The van der Waals surface area contributed by atoms with Gasteiger partial charge < -0.3 is 14.6 Å². The summed E-state index contributed by atoms with van der Waals surface area (Å²) in [5, 5.41) is 10.2. The van der Waals surface area contributed by atoms with Crippen molar-refractivity contribution in [3.63, 3.8) is 0 Å². The molecule has 3 atom stereocenters. The lowest BCUT2D eigenvalue weighted by molar-refractivity contribution is -0.139. The maximum Gasteiger partial charge on any atom is 0.423 e. The molecule has 8 nitrogen and oxygen atoms in total. The molecule has 0 aliphatic carbocycles. The second-order valence-electron chi connectivity index (χ2n) is 8.07. The number of halogens is 4. The third kappa shape index (κ3) is 5.29. The predicted octanol–water partition coefficient (Wildman–Crippen LogP) is 3.24. The fourth-order valence-corrected chi connectivity index (χ4v) is 3.98. The maximum atomic E-state index is 13.7. The molecular weight excluding hydrogens is 505 g/mol. The zero-order chi connectivity index (χ0) is 26.0. The van der Waals surface area contributed by atoms with E-state index < -0.39 is 53.9 Å². The summed E-state index contributed by atoms with van der Waals surface area (Å²) in [7, 11) is 0. The summed E-state index contributed by atoms with van der Waals surface area (Å²) >= 11 is 5.86. The molecule has 0 bridgehead atoms. The normalized spacial score (nSPS) is 20.0. The highest BCUT2D eigenvalue weighted by Gasteiger charge is 2.41. The lowest BCUT2D eigenvalue weighted by Gasteiger charge is -2.18. The van der Waals surface area contributed by atoms with E-state index in [-0.39, 0.29) is 23.2 Å². The Balaban J connectivity index is 1.69. The Morgan fingerprint density at radius 2 is 1.78 bits per heavy atom. The fraction of sp³-hybridized carbons (Fsp3) is 0.292. The number of hydrogen-bond acceptors (Lipinski definition) is 6.